The maximum absolute atomic E-state index is 5.21. The van der Waals surface area contributed by atoms with Gasteiger partial charge in [-0.15, -0.1) is 15.0 Å². The van der Waals surface area contributed by atoms with E-state index in [1.54, 1.807) is 11.0 Å². The Morgan fingerprint density at radius 3 is 2.00 bits per heavy atom. The summed E-state index contributed by atoms with van der Waals surface area (Å²) in [5, 5.41) is 11.6. The van der Waals surface area contributed by atoms with Crippen molar-refractivity contribution < 1.29 is 0 Å². The molecule has 0 N–H and O–H groups in total. The van der Waals surface area contributed by atoms with Crippen molar-refractivity contribution in [2.75, 3.05) is 0 Å². The standard InChI is InChI=1S/C35H22N6/c1-2-10-23(11-3-1)28-20-18-26-27(25-12-4-7-16-33(25)41-39-31-14-5-6-15-32(31)40-41)22-24-17-19-30(29-13-8-9-21-36-29)38-34(24)35(26)37-28/h1-22H. The van der Waals surface area contributed by atoms with Gasteiger partial charge in [0.15, 0.2) is 0 Å². The van der Waals surface area contributed by atoms with Gasteiger partial charge in [-0.2, -0.15) is 0 Å². The van der Waals surface area contributed by atoms with Gasteiger partial charge >= 0.3 is 0 Å². The lowest BCUT2D eigenvalue weighted by Crippen LogP contribution is -2.01. The first kappa shape index (κ1) is 23.2. The molecule has 0 spiro atoms. The Bertz CT molecular complexity index is 2170. The van der Waals surface area contributed by atoms with E-state index >= 15 is 0 Å². The topological polar surface area (TPSA) is 69.4 Å². The van der Waals surface area contributed by atoms with E-state index in [-0.39, 0.29) is 0 Å². The Balaban J connectivity index is 1.41. The Hall–Kier alpha value is -5.75. The van der Waals surface area contributed by atoms with Crippen LogP contribution in [0.5, 0.6) is 0 Å². The molecule has 0 aliphatic heterocycles. The van der Waals surface area contributed by atoms with Crippen LogP contribution in [-0.2, 0) is 0 Å². The van der Waals surface area contributed by atoms with Crippen molar-refractivity contribution >= 4 is 32.8 Å². The normalized spacial score (nSPS) is 11.4. The quantitative estimate of drug-likeness (QED) is 0.218. The van der Waals surface area contributed by atoms with Gasteiger partial charge in [0.2, 0.25) is 0 Å². The molecule has 4 aromatic heterocycles. The van der Waals surface area contributed by atoms with Gasteiger partial charge in [-0.25, -0.2) is 9.97 Å². The van der Waals surface area contributed by atoms with E-state index in [4.69, 9.17) is 20.2 Å². The van der Waals surface area contributed by atoms with Gasteiger partial charge < -0.3 is 0 Å². The molecule has 0 bridgehead atoms. The molecule has 0 radical (unpaired) electrons. The second-order valence-corrected chi connectivity index (χ2v) is 9.86. The maximum atomic E-state index is 5.21. The summed E-state index contributed by atoms with van der Waals surface area (Å²) < 4.78 is 0. The zero-order valence-corrected chi connectivity index (χ0v) is 21.9. The van der Waals surface area contributed by atoms with Crippen LogP contribution in [0.4, 0.5) is 0 Å². The number of benzene rings is 4. The molecule has 41 heavy (non-hydrogen) atoms. The molecule has 0 fully saturated rings. The summed E-state index contributed by atoms with van der Waals surface area (Å²) in [6.07, 6.45) is 1.79. The predicted octanol–water partition coefficient (Wildman–Crippen LogP) is 7.91. The third kappa shape index (κ3) is 4.01. The van der Waals surface area contributed by atoms with E-state index < -0.39 is 0 Å². The second-order valence-electron chi connectivity index (χ2n) is 9.86. The van der Waals surface area contributed by atoms with Crippen molar-refractivity contribution in [1.29, 1.82) is 0 Å². The predicted molar refractivity (Wildman–Crippen MR) is 164 cm³/mol. The van der Waals surface area contributed by atoms with E-state index in [9.17, 15) is 0 Å². The first-order valence-corrected chi connectivity index (χ1v) is 13.4. The van der Waals surface area contributed by atoms with Gasteiger partial charge in [0, 0.05) is 28.1 Å². The van der Waals surface area contributed by atoms with Crippen molar-refractivity contribution in [3.63, 3.8) is 0 Å². The molecule has 0 aliphatic carbocycles. The minimum atomic E-state index is 0.812. The summed E-state index contributed by atoms with van der Waals surface area (Å²) in [7, 11) is 0. The molecule has 0 unspecified atom stereocenters. The fourth-order valence-corrected chi connectivity index (χ4v) is 5.36. The van der Waals surface area contributed by atoms with Crippen LogP contribution >= 0.6 is 0 Å². The number of pyridine rings is 3. The summed E-state index contributed by atoms with van der Waals surface area (Å²) in [5.74, 6) is 0. The number of nitrogens with zero attached hydrogens (tertiary/aromatic N) is 6. The lowest BCUT2D eigenvalue weighted by molar-refractivity contribution is 0.767. The molecule has 0 amide bonds. The third-order valence-corrected chi connectivity index (χ3v) is 7.33. The van der Waals surface area contributed by atoms with Gasteiger partial charge in [-0.3, -0.25) is 4.98 Å². The molecule has 6 heteroatoms. The van der Waals surface area contributed by atoms with Crippen molar-refractivity contribution in [3.8, 4) is 39.5 Å². The van der Waals surface area contributed by atoms with Crippen LogP contribution in [-0.4, -0.2) is 29.9 Å². The maximum Gasteiger partial charge on any atom is 0.113 e. The number of rotatable bonds is 4. The SMILES string of the molecule is c1ccc(-c2ccc3c(-c4ccccc4-n4nc5ccccc5n4)cc4ccc(-c5ccccn5)nc4c3n2)cc1. The average molecular weight is 527 g/mol. The van der Waals surface area contributed by atoms with E-state index in [0.29, 0.717) is 0 Å². The number of hydrogen-bond acceptors (Lipinski definition) is 5. The Labute approximate surface area is 235 Å². The largest absolute Gasteiger partial charge is 0.255 e. The molecular formula is C35H22N6. The minimum Gasteiger partial charge on any atom is -0.255 e. The van der Waals surface area contributed by atoms with Gasteiger partial charge in [-0.1, -0.05) is 72.8 Å². The second kappa shape index (κ2) is 9.47. The van der Waals surface area contributed by atoms with E-state index in [2.05, 4.69) is 53.5 Å². The Morgan fingerprint density at radius 2 is 1.20 bits per heavy atom. The van der Waals surface area contributed by atoms with Crippen LogP contribution in [0.3, 0.4) is 0 Å². The fourth-order valence-electron chi connectivity index (χ4n) is 5.36. The molecule has 6 nitrogen and oxygen atoms in total. The number of fused-ring (bicyclic) bond motifs is 4. The van der Waals surface area contributed by atoms with Crippen LogP contribution < -0.4 is 0 Å². The smallest absolute Gasteiger partial charge is 0.113 e. The van der Waals surface area contributed by atoms with Crippen LogP contribution in [0, 0.1) is 0 Å². The van der Waals surface area contributed by atoms with Gasteiger partial charge in [0.05, 0.1) is 33.8 Å². The lowest BCUT2D eigenvalue weighted by atomic mass is 9.95. The first-order valence-electron chi connectivity index (χ1n) is 13.4. The van der Waals surface area contributed by atoms with Crippen molar-refractivity contribution in [1.82, 2.24) is 29.9 Å². The van der Waals surface area contributed by atoms with Crippen LogP contribution in [0.1, 0.15) is 0 Å². The van der Waals surface area contributed by atoms with E-state index in [1.807, 2.05) is 78.9 Å². The summed E-state index contributed by atoms with van der Waals surface area (Å²) in [5.41, 5.74) is 9.94. The summed E-state index contributed by atoms with van der Waals surface area (Å²) in [6.45, 7) is 0. The van der Waals surface area contributed by atoms with Gasteiger partial charge in [-0.05, 0) is 60.2 Å². The summed E-state index contributed by atoms with van der Waals surface area (Å²) in [4.78, 5) is 16.6. The minimum absolute atomic E-state index is 0.812. The van der Waals surface area contributed by atoms with E-state index in [1.165, 1.54) is 0 Å². The summed E-state index contributed by atoms with van der Waals surface area (Å²) in [6, 6.07) is 42.8. The monoisotopic (exact) mass is 526 g/mol. The Kier molecular flexibility index (Phi) is 5.35. The average Bonchev–Trinajstić information content (AvgIpc) is 3.49. The van der Waals surface area contributed by atoms with Gasteiger partial charge in [0.25, 0.3) is 0 Å². The van der Waals surface area contributed by atoms with Crippen LogP contribution in [0.15, 0.2) is 134 Å². The summed E-state index contributed by atoms with van der Waals surface area (Å²) >= 11 is 0. The number of para-hydroxylation sites is 1. The van der Waals surface area contributed by atoms with Crippen molar-refractivity contribution in [2.24, 2.45) is 0 Å². The highest BCUT2D eigenvalue weighted by Crippen LogP contribution is 2.38. The molecular weight excluding hydrogens is 504 g/mol. The molecule has 0 atom stereocenters. The molecule has 4 aromatic carbocycles. The number of hydrogen-bond donors (Lipinski definition) is 0. The molecule has 0 aliphatic rings. The molecule has 0 saturated carbocycles. The van der Waals surface area contributed by atoms with E-state index in [0.717, 1.165) is 72.3 Å². The molecule has 4 heterocycles. The molecule has 0 saturated heterocycles. The highest BCUT2D eigenvalue weighted by atomic mass is 15.5. The van der Waals surface area contributed by atoms with Crippen molar-refractivity contribution in [3.05, 3.63) is 134 Å². The fraction of sp³-hybridized carbons (Fsp3) is 0. The lowest BCUT2D eigenvalue weighted by Gasteiger charge is -2.15. The molecule has 8 aromatic rings. The van der Waals surface area contributed by atoms with Crippen molar-refractivity contribution in [2.45, 2.75) is 0 Å². The van der Waals surface area contributed by atoms with Crippen LogP contribution in [0.25, 0.3) is 72.3 Å². The van der Waals surface area contributed by atoms with Crippen LogP contribution in [0.2, 0.25) is 0 Å². The molecule has 8 rings (SSSR count). The molecule has 192 valence electrons. The third-order valence-electron chi connectivity index (χ3n) is 7.33. The van der Waals surface area contributed by atoms with Gasteiger partial charge in [0.1, 0.15) is 11.0 Å². The number of aromatic nitrogens is 6. The highest BCUT2D eigenvalue weighted by molar-refractivity contribution is 6.11. The Morgan fingerprint density at radius 1 is 0.488 bits per heavy atom. The zero-order valence-electron chi connectivity index (χ0n) is 21.9. The zero-order chi connectivity index (χ0) is 27.2. The highest BCUT2D eigenvalue weighted by Gasteiger charge is 2.17. The first-order chi connectivity index (χ1) is 20.3.